The number of methoxy groups -OCH3 is 2. The van der Waals surface area contributed by atoms with Crippen molar-refractivity contribution in [1.82, 2.24) is 10.2 Å². The van der Waals surface area contributed by atoms with Gasteiger partial charge < -0.3 is 14.4 Å². The summed E-state index contributed by atoms with van der Waals surface area (Å²) in [6, 6.07) is 7.77. The molecular weight excluding hydrogens is 408 g/mol. The lowest BCUT2D eigenvalue weighted by Gasteiger charge is -2.32. The predicted molar refractivity (Wildman–Crippen MR) is 116 cm³/mol. The highest BCUT2D eigenvalue weighted by atomic mass is 32.2. The van der Waals surface area contributed by atoms with E-state index in [1.165, 1.54) is 11.1 Å². The van der Waals surface area contributed by atoms with Crippen LogP contribution >= 0.6 is 23.5 Å². The van der Waals surface area contributed by atoms with Gasteiger partial charge in [0.15, 0.2) is 12.1 Å². The number of thioether (sulfide) groups is 2. The van der Waals surface area contributed by atoms with E-state index in [0.29, 0.717) is 11.8 Å². The van der Waals surface area contributed by atoms with Gasteiger partial charge in [0, 0.05) is 31.8 Å². The normalized spacial score (nSPS) is 29.3. The molecule has 0 radical (unpaired) electrons. The molecule has 4 atom stereocenters. The fourth-order valence-corrected chi connectivity index (χ4v) is 6.98. The lowest BCUT2D eigenvalue weighted by atomic mass is 9.80. The van der Waals surface area contributed by atoms with E-state index in [2.05, 4.69) is 23.5 Å². The molecule has 6 nitrogen and oxygen atoms in total. The van der Waals surface area contributed by atoms with E-state index in [9.17, 15) is 9.59 Å². The molecule has 1 N–H and O–H groups in total. The van der Waals surface area contributed by atoms with Gasteiger partial charge in [-0.15, -0.1) is 23.5 Å². The molecule has 4 rings (SSSR count). The molecule has 2 heterocycles. The molecule has 8 heteroatoms. The Morgan fingerprint density at radius 3 is 2.72 bits per heavy atom. The maximum Gasteiger partial charge on any atom is 0.242 e. The number of rotatable bonds is 6. The monoisotopic (exact) mass is 436 g/mol. The zero-order chi connectivity index (χ0) is 20.4. The SMILES string of the molecule is COC(OC)[C@@H]1CSCN1C(=O)[C@H]1NCSC1C(=O)[C@H]1CCc2ccccc2C1. The zero-order valence-corrected chi connectivity index (χ0v) is 18.5. The first-order valence-electron chi connectivity index (χ1n) is 10.0. The summed E-state index contributed by atoms with van der Waals surface area (Å²) in [6.45, 7) is 0. The van der Waals surface area contributed by atoms with Crippen LogP contribution in [-0.4, -0.2) is 71.9 Å². The number of hydrogen-bond acceptors (Lipinski definition) is 7. The Balaban J connectivity index is 1.46. The van der Waals surface area contributed by atoms with Gasteiger partial charge in [-0.1, -0.05) is 24.3 Å². The van der Waals surface area contributed by atoms with Gasteiger partial charge in [-0.05, 0) is 30.4 Å². The number of fused-ring (bicyclic) bond motifs is 1. The molecule has 29 heavy (non-hydrogen) atoms. The third-order valence-electron chi connectivity index (χ3n) is 6.15. The quantitative estimate of drug-likeness (QED) is 0.683. The standard InChI is InChI=1S/C21H28N2O4S2/c1-26-21(27-2)16-10-28-12-23(16)20(25)17-19(29-11-22-17)18(24)15-8-7-13-5-3-4-6-14(13)9-15/h3-6,15-17,19,21-22H,7-12H2,1-2H3/t15-,16-,17-,19?/m0/s1. The minimum absolute atomic E-state index is 0.00736. The summed E-state index contributed by atoms with van der Waals surface area (Å²) in [6.07, 6.45) is 2.13. The summed E-state index contributed by atoms with van der Waals surface area (Å²) in [5, 5.41) is 2.95. The second-order valence-electron chi connectivity index (χ2n) is 7.74. The first-order chi connectivity index (χ1) is 14.1. The summed E-state index contributed by atoms with van der Waals surface area (Å²) >= 11 is 3.26. The van der Waals surface area contributed by atoms with Crippen LogP contribution in [0.15, 0.2) is 24.3 Å². The van der Waals surface area contributed by atoms with E-state index < -0.39 is 12.3 Å². The highest BCUT2D eigenvalue weighted by Gasteiger charge is 2.46. The van der Waals surface area contributed by atoms with Crippen LogP contribution < -0.4 is 5.32 Å². The largest absolute Gasteiger partial charge is 0.354 e. The van der Waals surface area contributed by atoms with Gasteiger partial charge in [-0.25, -0.2) is 0 Å². The van der Waals surface area contributed by atoms with Crippen LogP contribution in [0.25, 0.3) is 0 Å². The van der Waals surface area contributed by atoms with Crippen LogP contribution in [0.1, 0.15) is 17.5 Å². The van der Waals surface area contributed by atoms with Crippen molar-refractivity contribution in [3.8, 4) is 0 Å². The molecule has 1 amide bonds. The van der Waals surface area contributed by atoms with Crippen LogP contribution in [0.5, 0.6) is 0 Å². The Morgan fingerprint density at radius 1 is 1.21 bits per heavy atom. The summed E-state index contributed by atoms with van der Waals surface area (Å²) < 4.78 is 10.8. The van der Waals surface area contributed by atoms with Crippen molar-refractivity contribution in [3.63, 3.8) is 0 Å². The third-order valence-corrected chi connectivity index (χ3v) is 8.38. The average Bonchev–Trinajstić information content (AvgIpc) is 3.43. The number of ketones is 1. The lowest BCUT2D eigenvalue weighted by molar-refractivity contribution is -0.157. The fraction of sp³-hybridized carbons (Fsp3) is 0.619. The number of nitrogens with zero attached hydrogens (tertiary/aromatic N) is 1. The predicted octanol–water partition coefficient (Wildman–Crippen LogP) is 1.91. The first-order valence-corrected chi connectivity index (χ1v) is 12.2. The van der Waals surface area contributed by atoms with Crippen molar-refractivity contribution >= 4 is 35.2 Å². The molecule has 158 valence electrons. The molecule has 1 aliphatic carbocycles. The Kier molecular flexibility index (Phi) is 6.86. The molecule has 1 unspecified atom stereocenters. The minimum Gasteiger partial charge on any atom is -0.354 e. The maximum absolute atomic E-state index is 13.4. The van der Waals surface area contributed by atoms with Crippen molar-refractivity contribution in [2.75, 3.05) is 31.7 Å². The van der Waals surface area contributed by atoms with E-state index in [0.717, 1.165) is 25.0 Å². The highest BCUT2D eigenvalue weighted by molar-refractivity contribution is 8.01. The van der Waals surface area contributed by atoms with Gasteiger partial charge in [-0.3, -0.25) is 14.9 Å². The number of nitrogens with one attached hydrogen (secondary N) is 1. The van der Waals surface area contributed by atoms with Gasteiger partial charge >= 0.3 is 0 Å². The topological polar surface area (TPSA) is 67.9 Å². The fourth-order valence-electron chi connectivity index (χ4n) is 4.57. The minimum atomic E-state index is -0.472. The number of carbonyl (C=O) groups excluding carboxylic acids is 2. The van der Waals surface area contributed by atoms with Gasteiger partial charge in [-0.2, -0.15) is 0 Å². The molecule has 1 aromatic rings. The van der Waals surface area contributed by atoms with Crippen molar-refractivity contribution in [2.45, 2.75) is 42.9 Å². The number of carbonyl (C=O) groups is 2. The number of benzene rings is 1. The number of ether oxygens (including phenoxy) is 2. The second-order valence-corrected chi connectivity index (χ2v) is 9.87. The Bertz CT molecular complexity index is 758. The summed E-state index contributed by atoms with van der Waals surface area (Å²) in [5.41, 5.74) is 2.62. The number of amides is 1. The van der Waals surface area contributed by atoms with Crippen LogP contribution in [0.3, 0.4) is 0 Å². The maximum atomic E-state index is 13.4. The molecule has 0 spiro atoms. The molecule has 1 aromatic carbocycles. The Labute approximate surface area is 180 Å². The summed E-state index contributed by atoms with van der Waals surface area (Å²) in [4.78, 5) is 28.6. The summed E-state index contributed by atoms with van der Waals surface area (Å²) in [5.74, 6) is 2.19. The molecular formula is C21H28N2O4S2. The Hall–Kier alpha value is -1.06. The van der Waals surface area contributed by atoms with E-state index >= 15 is 0 Å². The van der Waals surface area contributed by atoms with Gasteiger partial charge in [0.1, 0.15) is 6.04 Å². The van der Waals surface area contributed by atoms with Gasteiger partial charge in [0.2, 0.25) is 5.91 Å². The van der Waals surface area contributed by atoms with E-state index in [1.807, 2.05) is 11.0 Å². The van der Waals surface area contributed by atoms with E-state index in [-0.39, 0.29) is 28.9 Å². The average molecular weight is 437 g/mol. The van der Waals surface area contributed by atoms with Crippen molar-refractivity contribution in [2.24, 2.45) is 5.92 Å². The molecule has 2 fully saturated rings. The smallest absolute Gasteiger partial charge is 0.242 e. The number of aryl methyl sites for hydroxylation is 1. The molecule has 0 aromatic heterocycles. The highest BCUT2D eigenvalue weighted by Crippen LogP contribution is 2.34. The first kappa shape index (κ1) is 21.2. The molecule has 3 aliphatic rings. The third kappa shape index (κ3) is 4.23. The zero-order valence-electron chi connectivity index (χ0n) is 16.8. The van der Waals surface area contributed by atoms with Crippen LogP contribution in [-0.2, 0) is 31.9 Å². The van der Waals surface area contributed by atoms with Crippen LogP contribution in [0.4, 0.5) is 0 Å². The van der Waals surface area contributed by atoms with Crippen molar-refractivity contribution in [1.29, 1.82) is 0 Å². The lowest BCUT2D eigenvalue weighted by Crippen LogP contribution is -2.55. The van der Waals surface area contributed by atoms with Gasteiger partial charge in [0.05, 0.1) is 17.2 Å². The number of Topliss-reactive ketones (excluding diaryl/α,β-unsaturated/α-hetero) is 1. The van der Waals surface area contributed by atoms with Crippen LogP contribution in [0, 0.1) is 5.92 Å². The van der Waals surface area contributed by atoms with Crippen molar-refractivity contribution in [3.05, 3.63) is 35.4 Å². The van der Waals surface area contributed by atoms with E-state index in [4.69, 9.17) is 9.47 Å². The molecule has 0 saturated carbocycles. The van der Waals surface area contributed by atoms with Crippen LogP contribution in [0.2, 0.25) is 0 Å². The van der Waals surface area contributed by atoms with E-state index in [1.54, 1.807) is 37.7 Å². The summed E-state index contributed by atoms with van der Waals surface area (Å²) in [7, 11) is 3.19. The Morgan fingerprint density at radius 2 is 1.97 bits per heavy atom. The molecule has 2 aliphatic heterocycles. The van der Waals surface area contributed by atoms with Gasteiger partial charge in [0.25, 0.3) is 0 Å². The molecule has 2 saturated heterocycles. The van der Waals surface area contributed by atoms with Crippen molar-refractivity contribution < 1.29 is 19.1 Å². The number of hydrogen-bond donors (Lipinski definition) is 1. The molecule has 0 bridgehead atoms. The second kappa shape index (κ2) is 9.39.